The van der Waals surface area contributed by atoms with Crippen molar-refractivity contribution in [3.63, 3.8) is 0 Å². The quantitative estimate of drug-likeness (QED) is 0.767. The number of ether oxygens (including phenoxy) is 1. The first-order chi connectivity index (χ1) is 8.70. The highest BCUT2D eigenvalue weighted by Crippen LogP contribution is 2.23. The number of carbonyl (C=O) groups excluding carboxylic acids is 1. The third-order valence-corrected chi connectivity index (χ3v) is 3.16. The predicted octanol–water partition coefficient (Wildman–Crippen LogP) is 2.02. The number of nitrogens with zero attached hydrogens (tertiary/aromatic N) is 1. The van der Waals surface area contributed by atoms with Crippen LogP contribution in [0.2, 0.25) is 0 Å². The molecule has 1 saturated heterocycles. The zero-order chi connectivity index (χ0) is 13.0. The molecule has 98 valence electrons. The summed E-state index contributed by atoms with van der Waals surface area (Å²) in [5.41, 5.74) is 1.13. The maximum absolute atomic E-state index is 13.8. The van der Waals surface area contributed by atoms with Gasteiger partial charge in [-0.1, -0.05) is 30.3 Å². The first-order valence-corrected chi connectivity index (χ1v) is 6.27. The summed E-state index contributed by atoms with van der Waals surface area (Å²) in [4.78, 5) is 13.5. The Labute approximate surface area is 107 Å². The number of hydrogen-bond acceptors (Lipinski definition) is 3. The molecular formula is C14H18FNO2. The molecule has 2 unspecified atom stereocenters. The van der Waals surface area contributed by atoms with Crippen molar-refractivity contribution in [2.24, 2.45) is 5.92 Å². The van der Waals surface area contributed by atoms with E-state index in [4.69, 9.17) is 4.74 Å². The van der Waals surface area contributed by atoms with Gasteiger partial charge in [0.05, 0.1) is 6.61 Å². The van der Waals surface area contributed by atoms with Crippen LogP contribution >= 0.6 is 0 Å². The lowest BCUT2D eigenvalue weighted by molar-refractivity contribution is -0.149. The molecule has 1 heterocycles. The maximum Gasteiger partial charge on any atom is 0.313 e. The summed E-state index contributed by atoms with van der Waals surface area (Å²) in [7, 11) is 0. The maximum atomic E-state index is 13.8. The van der Waals surface area contributed by atoms with E-state index in [-0.39, 0.29) is 0 Å². The Balaban J connectivity index is 1.92. The van der Waals surface area contributed by atoms with Gasteiger partial charge in [0.15, 0.2) is 0 Å². The highest BCUT2D eigenvalue weighted by Gasteiger charge is 2.38. The van der Waals surface area contributed by atoms with Gasteiger partial charge in [-0.3, -0.25) is 9.69 Å². The fourth-order valence-corrected chi connectivity index (χ4v) is 2.28. The Hall–Kier alpha value is -1.42. The first-order valence-electron chi connectivity index (χ1n) is 6.27. The van der Waals surface area contributed by atoms with Gasteiger partial charge in [0.25, 0.3) is 0 Å². The molecule has 1 aromatic rings. The van der Waals surface area contributed by atoms with Gasteiger partial charge in [-0.25, -0.2) is 4.39 Å². The minimum Gasteiger partial charge on any atom is -0.466 e. The van der Waals surface area contributed by atoms with Crippen LogP contribution in [0.15, 0.2) is 30.3 Å². The fraction of sp³-hybridized carbons (Fsp3) is 0.500. The fourth-order valence-electron chi connectivity index (χ4n) is 2.28. The summed E-state index contributed by atoms with van der Waals surface area (Å²) in [5, 5.41) is 0. The molecule has 1 aliphatic rings. The molecule has 1 fully saturated rings. The average Bonchev–Trinajstić information content (AvgIpc) is 2.72. The van der Waals surface area contributed by atoms with E-state index in [2.05, 4.69) is 0 Å². The number of hydrogen-bond donors (Lipinski definition) is 0. The molecule has 2 rings (SSSR count). The Morgan fingerprint density at radius 3 is 2.78 bits per heavy atom. The molecule has 0 bridgehead atoms. The van der Waals surface area contributed by atoms with E-state index in [0.29, 0.717) is 26.2 Å². The second kappa shape index (κ2) is 5.96. The number of halogens is 1. The van der Waals surface area contributed by atoms with Crippen LogP contribution in [0.25, 0.3) is 0 Å². The van der Waals surface area contributed by atoms with Crippen molar-refractivity contribution in [3.05, 3.63) is 35.9 Å². The molecule has 0 N–H and O–H groups in total. The third-order valence-electron chi connectivity index (χ3n) is 3.16. The van der Waals surface area contributed by atoms with Crippen molar-refractivity contribution < 1.29 is 13.9 Å². The summed E-state index contributed by atoms with van der Waals surface area (Å²) in [6.45, 7) is 3.47. The van der Waals surface area contributed by atoms with Crippen molar-refractivity contribution in [2.45, 2.75) is 19.6 Å². The second-order valence-corrected chi connectivity index (χ2v) is 4.55. The van der Waals surface area contributed by atoms with Crippen LogP contribution in [0, 0.1) is 5.92 Å². The molecule has 0 amide bonds. The molecule has 0 radical (unpaired) electrons. The van der Waals surface area contributed by atoms with Gasteiger partial charge in [-0.05, 0) is 12.5 Å². The van der Waals surface area contributed by atoms with Crippen molar-refractivity contribution in [2.75, 3.05) is 19.7 Å². The zero-order valence-electron chi connectivity index (χ0n) is 10.5. The monoisotopic (exact) mass is 251 g/mol. The Bertz CT molecular complexity index is 396. The van der Waals surface area contributed by atoms with Gasteiger partial charge in [0.1, 0.15) is 12.1 Å². The third kappa shape index (κ3) is 3.07. The SMILES string of the molecule is CCOC(=O)C1CN(Cc2ccccc2)CC1F. The topological polar surface area (TPSA) is 29.5 Å². The molecule has 1 aliphatic heterocycles. The van der Waals surface area contributed by atoms with Crippen molar-refractivity contribution in [1.29, 1.82) is 0 Å². The lowest BCUT2D eigenvalue weighted by Gasteiger charge is -2.14. The van der Waals surface area contributed by atoms with Crippen molar-refractivity contribution in [1.82, 2.24) is 4.90 Å². The Morgan fingerprint density at radius 1 is 1.39 bits per heavy atom. The van der Waals surface area contributed by atoms with E-state index in [9.17, 15) is 9.18 Å². The number of esters is 1. The van der Waals surface area contributed by atoms with Gasteiger partial charge in [-0.15, -0.1) is 0 Å². The Morgan fingerprint density at radius 2 is 2.11 bits per heavy atom. The van der Waals surface area contributed by atoms with Crippen LogP contribution in [0.4, 0.5) is 4.39 Å². The number of alkyl halides is 1. The Kier molecular flexibility index (Phi) is 4.31. The molecule has 3 nitrogen and oxygen atoms in total. The normalized spacial score (nSPS) is 24.1. The molecular weight excluding hydrogens is 233 g/mol. The summed E-state index contributed by atoms with van der Waals surface area (Å²) in [6, 6.07) is 9.88. The van der Waals surface area contributed by atoms with Crippen LogP contribution < -0.4 is 0 Å². The number of carbonyl (C=O) groups is 1. The molecule has 4 heteroatoms. The number of benzene rings is 1. The standard InChI is InChI=1S/C14H18FNO2/c1-2-18-14(17)12-9-16(10-13(12)15)8-11-6-4-3-5-7-11/h3-7,12-13H,2,8-10H2,1H3. The van der Waals surface area contributed by atoms with Crippen LogP contribution in [-0.4, -0.2) is 36.7 Å². The molecule has 18 heavy (non-hydrogen) atoms. The summed E-state index contributed by atoms with van der Waals surface area (Å²) < 4.78 is 18.7. The lowest BCUT2D eigenvalue weighted by atomic mass is 10.1. The zero-order valence-corrected chi connectivity index (χ0v) is 10.5. The predicted molar refractivity (Wildman–Crippen MR) is 66.7 cm³/mol. The van der Waals surface area contributed by atoms with Gasteiger partial charge < -0.3 is 4.74 Å². The minimum absolute atomic E-state index is 0.304. The van der Waals surface area contributed by atoms with E-state index < -0.39 is 18.1 Å². The van der Waals surface area contributed by atoms with Crippen LogP contribution in [0.1, 0.15) is 12.5 Å². The summed E-state index contributed by atoms with van der Waals surface area (Å²) >= 11 is 0. The second-order valence-electron chi connectivity index (χ2n) is 4.55. The van der Waals surface area contributed by atoms with Crippen LogP contribution in [0.5, 0.6) is 0 Å². The highest BCUT2D eigenvalue weighted by molar-refractivity contribution is 5.73. The lowest BCUT2D eigenvalue weighted by Crippen LogP contribution is -2.26. The van der Waals surface area contributed by atoms with E-state index in [0.717, 1.165) is 5.56 Å². The van der Waals surface area contributed by atoms with E-state index >= 15 is 0 Å². The average molecular weight is 251 g/mol. The molecule has 2 atom stereocenters. The largest absolute Gasteiger partial charge is 0.466 e. The smallest absolute Gasteiger partial charge is 0.313 e. The van der Waals surface area contributed by atoms with E-state index in [1.165, 1.54) is 0 Å². The van der Waals surface area contributed by atoms with Crippen molar-refractivity contribution in [3.8, 4) is 0 Å². The van der Waals surface area contributed by atoms with E-state index in [1.807, 2.05) is 35.2 Å². The molecule has 0 aliphatic carbocycles. The molecule has 0 spiro atoms. The van der Waals surface area contributed by atoms with Crippen LogP contribution in [-0.2, 0) is 16.1 Å². The number of likely N-dealkylation sites (tertiary alicyclic amines) is 1. The van der Waals surface area contributed by atoms with Gasteiger partial charge in [-0.2, -0.15) is 0 Å². The summed E-state index contributed by atoms with van der Waals surface area (Å²) in [6.07, 6.45) is -1.12. The summed E-state index contributed by atoms with van der Waals surface area (Å²) in [5.74, 6) is -1.05. The van der Waals surface area contributed by atoms with Crippen molar-refractivity contribution >= 4 is 5.97 Å². The van der Waals surface area contributed by atoms with E-state index in [1.54, 1.807) is 6.92 Å². The van der Waals surface area contributed by atoms with Gasteiger partial charge in [0.2, 0.25) is 0 Å². The van der Waals surface area contributed by atoms with Gasteiger partial charge >= 0.3 is 5.97 Å². The molecule has 1 aromatic carbocycles. The molecule has 0 saturated carbocycles. The molecule has 0 aromatic heterocycles. The minimum atomic E-state index is -1.12. The van der Waals surface area contributed by atoms with Crippen LogP contribution in [0.3, 0.4) is 0 Å². The number of rotatable bonds is 4. The van der Waals surface area contributed by atoms with Gasteiger partial charge in [0, 0.05) is 19.6 Å². The highest BCUT2D eigenvalue weighted by atomic mass is 19.1. The first kappa shape index (κ1) is 13.0.